The van der Waals surface area contributed by atoms with Crippen LogP contribution in [0.4, 0.5) is 4.39 Å². The summed E-state index contributed by atoms with van der Waals surface area (Å²) in [6.07, 6.45) is 3.74. The molecule has 1 unspecified atom stereocenters. The van der Waals surface area contributed by atoms with Crippen LogP contribution in [0.1, 0.15) is 27.7 Å². The molecule has 0 aliphatic carbocycles. The van der Waals surface area contributed by atoms with Gasteiger partial charge in [-0.05, 0) is 26.7 Å². The summed E-state index contributed by atoms with van der Waals surface area (Å²) in [6.45, 7) is 8.17. The second kappa shape index (κ2) is 8.93. The number of carbonyl (C=O) groups is 1. The predicted octanol–water partition coefficient (Wildman–Crippen LogP) is 2.17. The van der Waals surface area contributed by atoms with E-state index in [-0.39, 0.29) is 18.5 Å². The summed E-state index contributed by atoms with van der Waals surface area (Å²) in [5.41, 5.74) is 1.52. The Hall–Kier alpha value is -1.16. The Morgan fingerprint density at radius 2 is 2.06 bits per heavy atom. The lowest BCUT2D eigenvalue weighted by Crippen LogP contribution is -2.25. The van der Waals surface area contributed by atoms with E-state index >= 15 is 0 Å². The summed E-state index contributed by atoms with van der Waals surface area (Å²) in [7, 11) is 0. The Morgan fingerprint density at radius 1 is 1.41 bits per heavy atom. The third-order valence-electron chi connectivity index (χ3n) is 2.37. The first kappa shape index (κ1) is 15.8. The maximum Gasteiger partial charge on any atom is 0.250 e. The Balaban J connectivity index is 4.18. The number of halogens is 1. The second-order valence-electron chi connectivity index (χ2n) is 4.15. The highest BCUT2D eigenvalue weighted by Crippen LogP contribution is 2.03. The van der Waals surface area contributed by atoms with Crippen LogP contribution < -0.4 is 10.6 Å². The highest BCUT2D eigenvalue weighted by molar-refractivity contribution is 5.93. The van der Waals surface area contributed by atoms with Crippen LogP contribution in [-0.2, 0) is 4.79 Å². The zero-order valence-electron chi connectivity index (χ0n) is 11.1. The number of hydrogen-bond acceptors (Lipinski definition) is 2. The molecule has 0 fully saturated rings. The van der Waals surface area contributed by atoms with E-state index in [1.807, 2.05) is 32.9 Å². The molecule has 98 valence electrons. The molecule has 0 heterocycles. The van der Waals surface area contributed by atoms with Gasteiger partial charge in [0.1, 0.15) is 6.67 Å². The van der Waals surface area contributed by atoms with Crippen LogP contribution in [0, 0.1) is 5.92 Å². The molecule has 0 aromatic heterocycles. The minimum Gasteiger partial charge on any atom is -0.327 e. The fourth-order valence-electron chi connectivity index (χ4n) is 1.31. The van der Waals surface area contributed by atoms with Crippen LogP contribution in [0.3, 0.4) is 0 Å². The van der Waals surface area contributed by atoms with E-state index in [0.717, 1.165) is 5.70 Å². The van der Waals surface area contributed by atoms with Crippen molar-refractivity contribution in [1.82, 2.24) is 10.6 Å². The zero-order chi connectivity index (χ0) is 13.3. The van der Waals surface area contributed by atoms with Gasteiger partial charge in [-0.15, -0.1) is 0 Å². The monoisotopic (exact) mass is 242 g/mol. The molecular weight excluding hydrogens is 219 g/mol. The molecule has 0 aliphatic rings. The van der Waals surface area contributed by atoms with Crippen molar-refractivity contribution in [2.75, 3.05) is 19.8 Å². The van der Waals surface area contributed by atoms with Gasteiger partial charge in [-0.2, -0.15) is 0 Å². The van der Waals surface area contributed by atoms with Crippen molar-refractivity contribution in [2.24, 2.45) is 5.92 Å². The predicted molar refractivity (Wildman–Crippen MR) is 69.3 cm³/mol. The normalized spacial score (nSPS) is 14.6. The standard InChI is InChI=1S/C13H23FN2O/c1-5-12(4)16-13(17)11(3)8-10(2)9-15-7-6-14/h5,8,10,15H,6-7,9H2,1-4H3,(H,16,17)/b11-8+,12-5+. The molecule has 1 atom stereocenters. The van der Waals surface area contributed by atoms with Gasteiger partial charge in [-0.3, -0.25) is 4.79 Å². The van der Waals surface area contributed by atoms with Crippen LogP contribution in [-0.4, -0.2) is 25.7 Å². The van der Waals surface area contributed by atoms with E-state index < -0.39 is 0 Å². The Kier molecular flexibility index (Phi) is 8.32. The fourth-order valence-corrected chi connectivity index (χ4v) is 1.31. The van der Waals surface area contributed by atoms with E-state index in [2.05, 4.69) is 10.6 Å². The lowest BCUT2D eigenvalue weighted by molar-refractivity contribution is -0.116. The number of rotatable bonds is 7. The van der Waals surface area contributed by atoms with Crippen molar-refractivity contribution in [3.8, 4) is 0 Å². The molecule has 0 rings (SSSR count). The highest BCUT2D eigenvalue weighted by Gasteiger charge is 2.06. The van der Waals surface area contributed by atoms with E-state index in [9.17, 15) is 9.18 Å². The van der Waals surface area contributed by atoms with Gasteiger partial charge in [0.2, 0.25) is 0 Å². The molecule has 4 heteroatoms. The van der Waals surface area contributed by atoms with Crippen molar-refractivity contribution < 1.29 is 9.18 Å². The lowest BCUT2D eigenvalue weighted by Gasteiger charge is -2.10. The van der Waals surface area contributed by atoms with Crippen molar-refractivity contribution in [3.63, 3.8) is 0 Å². The summed E-state index contributed by atoms with van der Waals surface area (Å²) in [5, 5.41) is 5.74. The molecule has 0 bridgehead atoms. The molecule has 0 aliphatic heterocycles. The summed E-state index contributed by atoms with van der Waals surface area (Å²) < 4.78 is 11.9. The first-order valence-electron chi connectivity index (χ1n) is 5.90. The van der Waals surface area contributed by atoms with Crippen LogP contribution in [0.25, 0.3) is 0 Å². The summed E-state index contributed by atoms with van der Waals surface area (Å²) >= 11 is 0. The second-order valence-corrected chi connectivity index (χ2v) is 4.15. The molecule has 0 saturated heterocycles. The minimum atomic E-state index is -0.365. The van der Waals surface area contributed by atoms with Crippen LogP contribution in [0.2, 0.25) is 0 Å². The first-order chi connectivity index (χ1) is 8.01. The third-order valence-corrected chi connectivity index (χ3v) is 2.37. The van der Waals surface area contributed by atoms with Crippen molar-refractivity contribution in [3.05, 3.63) is 23.4 Å². The quantitative estimate of drug-likeness (QED) is 0.530. The van der Waals surface area contributed by atoms with Gasteiger partial charge in [0, 0.05) is 24.4 Å². The minimum absolute atomic E-state index is 0.0852. The van der Waals surface area contributed by atoms with Gasteiger partial charge in [0.25, 0.3) is 5.91 Å². The molecule has 0 aromatic rings. The van der Waals surface area contributed by atoms with Crippen molar-refractivity contribution >= 4 is 5.91 Å². The largest absolute Gasteiger partial charge is 0.327 e. The fraction of sp³-hybridized carbons (Fsp3) is 0.615. The van der Waals surface area contributed by atoms with E-state index in [4.69, 9.17) is 0 Å². The maximum atomic E-state index is 11.9. The number of nitrogens with one attached hydrogen (secondary N) is 2. The third kappa shape index (κ3) is 7.69. The molecule has 0 saturated carbocycles. The van der Waals surface area contributed by atoms with Crippen LogP contribution >= 0.6 is 0 Å². The highest BCUT2D eigenvalue weighted by atomic mass is 19.1. The number of hydrogen-bond donors (Lipinski definition) is 2. The molecule has 0 aromatic carbocycles. The van der Waals surface area contributed by atoms with E-state index in [1.54, 1.807) is 6.92 Å². The summed E-state index contributed by atoms with van der Waals surface area (Å²) in [6, 6.07) is 0. The van der Waals surface area contributed by atoms with Gasteiger partial charge < -0.3 is 10.6 Å². The lowest BCUT2D eigenvalue weighted by atomic mass is 10.1. The van der Waals surface area contributed by atoms with Crippen molar-refractivity contribution in [2.45, 2.75) is 27.7 Å². The number of allylic oxidation sites excluding steroid dienone is 2. The molecule has 0 spiro atoms. The number of carbonyl (C=O) groups excluding carboxylic acids is 1. The topological polar surface area (TPSA) is 41.1 Å². The summed E-state index contributed by atoms with van der Waals surface area (Å²) in [4.78, 5) is 11.7. The maximum absolute atomic E-state index is 11.9. The van der Waals surface area contributed by atoms with Gasteiger partial charge in [-0.25, -0.2) is 4.39 Å². The van der Waals surface area contributed by atoms with E-state index in [0.29, 0.717) is 18.7 Å². The molecule has 17 heavy (non-hydrogen) atoms. The molecule has 3 nitrogen and oxygen atoms in total. The Morgan fingerprint density at radius 3 is 2.59 bits per heavy atom. The smallest absolute Gasteiger partial charge is 0.250 e. The molecule has 1 amide bonds. The molecule has 0 radical (unpaired) electrons. The first-order valence-corrected chi connectivity index (χ1v) is 5.90. The average molecular weight is 242 g/mol. The zero-order valence-corrected chi connectivity index (χ0v) is 11.1. The van der Waals surface area contributed by atoms with Crippen LogP contribution in [0.5, 0.6) is 0 Å². The molecular formula is C13H23FN2O. The average Bonchev–Trinajstić information content (AvgIpc) is 2.28. The number of alkyl halides is 1. The molecule has 2 N–H and O–H groups in total. The SMILES string of the molecule is C/C=C(\C)NC(=O)/C(C)=C/C(C)CNCCF. The van der Waals surface area contributed by atoms with Gasteiger partial charge in [0.15, 0.2) is 0 Å². The van der Waals surface area contributed by atoms with E-state index in [1.165, 1.54) is 0 Å². The van der Waals surface area contributed by atoms with Gasteiger partial charge in [-0.1, -0.05) is 19.1 Å². The van der Waals surface area contributed by atoms with Crippen molar-refractivity contribution in [1.29, 1.82) is 0 Å². The number of amides is 1. The Labute approximate surface area is 103 Å². The van der Waals surface area contributed by atoms with Gasteiger partial charge >= 0.3 is 0 Å². The Bertz CT molecular complexity index is 298. The van der Waals surface area contributed by atoms with Crippen LogP contribution in [0.15, 0.2) is 23.4 Å². The summed E-state index contributed by atoms with van der Waals surface area (Å²) in [5.74, 6) is 0.121. The van der Waals surface area contributed by atoms with Gasteiger partial charge in [0.05, 0.1) is 0 Å².